The van der Waals surface area contributed by atoms with Crippen molar-refractivity contribution in [2.45, 2.75) is 6.54 Å². The third-order valence-corrected chi connectivity index (χ3v) is 3.76. The van der Waals surface area contributed by atoms with Crippen LogP contribution in [0.1, 0.15) is 5.56 Å². The molecule has 0 atom stereocenters. The lowest BCUT2D eigenvalue weighted by atomic mass is 10.2. The lowest BCUT2D eigenvalue weighted by Crippen LogP contribution is -2.03. The van der Waals surface area contributed by atoms with Crippen molar-refractivity contribution in [1.82, 2.24) is 0 Å². The number of rotatable bonds is 4. The van der Waals surface area contributed by atoms with E-state index in [4.69, 9.17) is 16.3 Å². The second-order valence-electron chi connectivity index (χ2n) is 3.91. The minimum Gasteiger partial charge on any atom is -0.497 e. The van der Waals surface area contributed by atoms with E-state index >= 15 is 0 Å². The predicted molar refractivity (Wildman–Crippen MR) is 79.4 cm³/mol. The number of hydrogen-bond donors (Lipinski definition) is 1. The third kappa shape index (κ3) is 3.39. The highest BCUT2D eigenvalue weighted by molar-refractivity contribution is 9.10. The summed E-state index contributed by atoms with van der Waals surface area (Å²) in [5.74, 6) is 0.381. The number of anilines is 1. The van der Waals surface area contributed by atoms with Crippen LogP contribution in [0.15, 0.2) is 40.9 Å². The van der Waals surface area contributed by atoms with Gasteiger partial charge in [0.15, 0.2) is 0 Å². The van der Waals surface area contributed by atoms with Gasteiger partial charge in [-0.3, -0.25) is 0 Å². The number of ether oxygens (including phenoxy) is 1. The van der Waals surface area contributed by atoms with Crippen molar-refractivity contribution in [3.05, 3.63) is 57.3 Å². The van der Waals surface area contributed by atoms with E-state index in [0.29, 0.717) is 17.3 Å². The van der Waals surface area contributed by atoms with Crippen LogP contribution in [-0.4, -0.2) is 7.11 Å². The molecule has 2 rings (SSSR count). The molecule has 0 spiro atoms. The van der Waals surface area contributed by atoms with E-state index < -0.39 is 0 Å². The van der Waals surface area contributed by atoms with Gasteiger partial charge in [-0.1, -0.05) is 33.6 Å². The Morgan fingerprint density at radius 3 is 2.79 bits per heavy atom. The van der Waals surface area contributed by atoms with Crippen LogP contribution in [0, 0.1) is 5.82 Å². The summed E-state index contributed by atoms with van der Waals surface area (Å²) < 4.78 is 19.7. The average molecular weight is 345 g/mol. The molecule has 0 radical (unpaired) electrons. The number of para-hydroxylation sites is 1. The second-order valence-corrected chi connectivity index (χ2v) is 5.17. The van der Waals surface area contributed by atoms with Crippen molar-refractivity contribution in [3.8, 4) is 5.75 Å². The van der Waals surface area contributed by atoms with Gasteiger partial charge in [-0.05, 0) is 35.9 Å². The zero-order chi connectivity index (χ0) is 13.8. The van der Waals surface area contributed by atoms with Gasteiger partial charge in [0.05, 0.1) is 17.8 Å². The largest absolute Gasteiger partial charge is 0.497 e. The Bertz CT molecular complexity index is 571. The Morgan fingerprint density at radius 2 is 2.11 bits per heavy atom. The Kier molecular flexibility index (Phi) is 4.66. The minimum absolute atomic E-state index is 0.305. The fraction of sp³-hybridized carbons (Fsp3) is 0.143. The van der Waals surface area contributed by atoms with Crippen molar-refractivity contribution in [2.24, 2.45) is 0 Å². The fourth-order valence-corrected chi connectivity index (χ4v) is 2.28. The zero-order valence-electron chi connectivity index (χ0n) is 10.2. The van der Waals surface area contributed by atoms with Gasteiger partial charge in [-0.15, -0.1) is 0 Å². The van der Waals surface area contributed by atoms with E-state index in [1.54, 1.807) is 19.2 Å². The van der Waals surface area contributed by atoms with Gasteiger partial charge in [0.2, 0.25) is 0 Å². The number of nitrogens with one attached hydrogen (secondary N) is 1. The maximum atomic E-state index is 13.6. The molecule has 2 aromatic rings. The van der Waals surface area contributed by atoms with Gasteiger partial charge in [0, 0.05) is 11.0 Å². The molecule has 100 valence electrons. The van der Waals surface area contributed by atoms with Gasteiger partial charge < -0.3 is 10.1 Å². The molecule has 0 unspecified atom stereocenters. The number of hydrogen-bond acceptors (Lipinski definition) is 2. The van der Waals surface area contributed by atoms with Gasteiger partial charge in [-0.25, -0.2) is 4.39 Å². The summed E-state index contributed by atoms with van der Waals surface area (Å²) in [7, 11) is 1.61. The van der Waals surface area contributed by atoms with Crippen molar-refractivity contribution in [2.75, 3.05) is 12.4 Å². The van der Waals surface area contributed by atoms with Gasteiger partial charge in [0.25, 0.3) is 0 Å². The molecule has 0 bridgehead atoms. The first-order valence-corrected chi connectivity index (χ1v) is 6.79. The first-order chi connectivity index (χ1) is 9.11. The number of methoxy groups -OCH3 is 1. The molecule has 0 aliphatic heterocycles. The highest BCUT2D eigenvalue weighted by Crippen LogP contribution is 2.27. The number of benzene rings is 2. The van der Waals surface area contributed by atoms with Crippen molar-refractivity contribution in [1.29, 1.82) is 0 Å². The molecule has 0 saturated heterocycles. The lowest BCUT2D eigenvalue weighted by molar-refractivity contribution is 0.414. The van der Waals surface area contributed by atoms with E-state index in [-0.39, 0.29) is 5.82 Å². The smallest absolute Gasteiger partial charge is 0.147 e. The molecule has 5 heteroatoms. The van der Waals surface area contributed by atoms with Gasteiger partial charge in [0.1, 0.15) is 11.6 Å². The summed E-state index contributed by atoms with van der Waals surface area (Å²) in [6.07, 6.45) is 0. The first kappa shape index (κ1) is 14.2. The standard InChI is InChI=1S/C14H12BrClFNO/c1-19-10-5-6-11(15)9(7-10)8-18-14-12(16)3-2-4-13(14)17/h2-7,18H,8H2,1H3. The maximum Gasteiger partial charge on any atom is 0.147 e. The number of halogens is 3. The van der Waals surface area contributed by atoms with Crippen molar-refractivity contribution < 1.29 is 9.13 Å². The quantitative estimate of drug-likeness (QED) is 0.855. The topological polar surface area (TPSA) is 21.3 Å². The van der Waals surface area contributed by atoms with Crippen LogP contribution in [0.3, 0.4) is 0 Å². The lowest BCUT2D eigenvalue weighted by Gasteiger charge is -2.11. The van der Waals surface area contributed by atoms with Crippen LogP contribution in [-0.2, 0) is 6.54 Å². The highest BCUT2D eigenvalue weighted by Gasteiger charge is 2.08. The molecular weight excluding hydrogens is 333 g/mol. The third-order valence-electron chi connectivity index (χ3n) is 2.67. The molecule has 0 aromatic heterocycles. The molecule has 0 amide bonds. The first-order valence-electron chi connectivity index (χ1n) is 5.62. The molecule has 0 fully saturated rings. The average Bonchev–Trinajstić information content (AvgIpc) is 2.40. The summed E-state index contributed by atoms with van der Waals surface area (Å²) in [6, 6.07) is 10.2. The second kappa shape index (κ2) is 6.26. The molecule has 0 aliphatic rings. The Hall–Kier alpha value is -1.26. The van der Waals surface area contributed by atoms with E-state index in [1.165, 1.54) is 6.07 Å². The highest BCUT2D eigenvalue weighted by atomic mass is 79.9. The monoisotopic (exact) mass is 343 g/mol. The summed E-state index contributed by atoms with van der Waals surface area (Å²) in [6.45, 7) is 0.443. The van der Waals surface area contributed by atoms with Crippen LogP contribution in [0.4, 0.5) is 10.1 Å². The molecule has 1 N–H and O–H groups in total. The molecule has 2 aromatic carbocycles. The SMILES string of the molecule is COc1ccc(Br)c(CNc2c(F)cccc2Cl)c1. The van der Waals surface area contributed by atoms with E-state index in [1.807, 2.05) is 18.2 Å². The molecule has 0 heterocycles. The van der Waals surface area contributed by atoms with Crippen molar-refractivity contribution in [3.63, 3.8) is 0 Å². The summed E-state index contributed by atoms with van der Waals surface area (Å²) in [5, 5.41) is 3.36. The summed E-state index contributed by atoms with van der Waals surface area (Å²) >= 11 is 9.40. The Balaban J connectivity index is 2.19. The molecule has 0 saturated carbocycles. The fourth-order valence-electron chi connectivity index (χ4n) is 1.66. The van der Waals surface area contributed by atoms with Gasteiger partial charge in [-0.2, -0.15) is 0 Å². The molecule has 0 aliphatic carbocycles. The Morgan fingerprint density at radius 1 is 1.32 bits per heavy atom. The Labute approximate surface area is 124 Å². The predicted octanol–water partition coefficient (Wildman–Crippen LogP) is 4.86. The van der Waals surface area contributed by atoms with Crippen LogP contribution >= 0.6 is 27.5 Å². The maximum absolute atomic E-state index is 13.6. The van der Waals surface area contributed by atoms with Gasteiger partial charge >= 0.3 is 0 Å². The summed E-state index contributed by atoms with van der Waals surface area (Å²) in [4.78, 5) is 0. The van der Waals surface area contributed by atoms with Crippen LogP contribution in [0.5, 0.6) is 5.75 Å². The molecular formula is C14H12BrClFNO. The van der Waals surface area contributed by atoms with Crippen LogP contribution in [0.2, 0.25) is 5.02 Å². The molecule has 19 heavy (non-hydrogen) atoms. The minimum atomic E-state index is -0.369. The van der Waals surface area contributed by atoms with E-state index in [9.17, 15) is 4.39 Å². The van der Waals surface area contributed by atoms with Crippen molar-refractivity contribution >= 4 is 33.2 Å². The van der Waals surface area contributed by atoms with Crippen LogP contribution in [0.25, 0.3) is 0 Å². The molecule has 2 nitrogen and oxygen atoms in total. The van der Waals surface area contributed by atoms with E-state index in [2.05, 4.69) is 21.2 Å². The zero-order valence-corrected chi connectivity index (χ0v) is 12.6. The summed E-state index contributed by atoms with van der Waals surface area (Å²) in [5.41, 5.74) is 1.26. The van der Waals surface area contributed by atoms with Crippen LogP contribution < -0.4 is 10.1 Å². The normalized spacial score (nSPS) is 10.3. The van der Waals surface area contributed by atoms with E-state index in [0.717, 1.165) is 15.8 Å².